The van der Waals surface area contributed by atoms with E-state index in [1.807, 2.05) is 0 Å². The van der Waals surface area contributed by atoms with Gasteiger partial charge in [0.25, 0.3) is 0 Å². The Morgan fingerprint density at radius 3 is 1.19 bits per heavy atom. The van der Waals surface area contributed by atoms with Gasteiger partial charge in [0.05, 0.1) is 51.0 Å². The number of rotatable bonds is 8. The molecule has 2 aromatic heterocycles. The smallest absolute Gasteiger partial charge is 0.451 e. The van der Waals surface area contributed by atoms with Crippen molar-refractivity contribution in [1.82, 2.24) is 19.9 Å². The normalized spacial score (nSPS) is 24.2. The molecule has 14 nitrogen and oxygen atoms in total. The molecule has 0 radical (unpaired) electrons. The van der Waals surface area contributed by atoms with Crippen molar-refractivity contribution in [3.05, 3.63) is 35.2 Å². The standard InChI is InChI=1S/2C16H21F3N2O5/c2*1-14(23,9-22)11-8-12(21-13(20-11)16(17,18)19)26-10-2-4-15(5-3-10)24-6-7-25-15/h2*8,10,22-23H,2-7,9H2,1H3/t2*14-/m10/s1. The topological polar surface area (TPSA) is 188 Å². The van der Waals surface area contributed by atoms with Gasteiger partial charge in [-0.05, 0) is 39.5 Å². The van der Waals surface area contributed by atoms with E-state index < -0.39 is 60.0 Å². The fraction of sp³-hybridized carbons (Fsp3) is 0.750. The number of aliphatic hydroxyl groups excluding tert-OH is 2. The lowest BCUT2D eigenvalue weighted by Crippen LogP contribution is -2.38. The molecule has 0 aromatic carbocycles. The summed E-state index contributed by atoms with van der Waals surface area (Å²) >= 11 is 0. The largest absolute Gasteiger partial charge is 0.474 e. The first-order valence-electron chi connectivity index (χ1n) is 16.8. The zero-order valence-electron chi connectivity index (χ0n) is 28.5. The van der Waals surface area contributed by atoms with Crippen LogP contribution in [0.5, 0.6) is 11.8 Å². The van der Waals surface area contributed by atoms with Crippen molar-refractivity contribution in [1.29, 1.82) is 0 Å². The SMILES string of the molecule is C[C@@](O)(CO)c1cc(OC2CCC3(CC2)OCCO3)nc(C(F)(F)F)n1.C[C@](O)(CO)c1cc(OC2CCC3(CC2)OCCO3)nc(C(F)(F)F)n1. The number of halogens is 6. The highest BCUT2D eigenvalue weighted by Crippen LogP contribution is 2.39. The molecule has 2 saturated carbocycles. The van der Waals surface area contributed by atoms with Gasteiger partial charge in [0, 0.05) is 37.8 Å². The third kappa shape index (κ3) is 9.76. The van der Waals surface area contributed by atoms with Crippen molar-refractivity contribution in [2.45, 2.75) is 113 Å². The lowest BCUT2D eigenvalue weighted by molar-refractivity contribution is -0.186. The Kier molecular flexibility index (Phi) is 11.9. The van der Waals surface area contributed by atoms with Crippen molar-refractivity contribution < 1.29 is 75.2 Å². The molecule has 6 rings (SSSR count). The van der Waals surface area contributed by atoms with Crippen LogP contribution in [0.2, 0.25) is 0 Å². The number of alkyl halides is 6. The van der Waals surface area contributed by atoms with Gasteiger partial charge < -0.3 is 48.8 Å². The van der Waals surface area contributed by atoms with Crippen LogP contribution in [-0.2, 0) is 42.5 Å². The van der Waals surface area contributed by atoms with Gasteiger partial charge in [0.15, 0.2) is 11.6 Å². The average Bonchev–Trinajstić information content (AvgIpc) is 3.76. The third-order valence-corrected chi connectivity index (χ3v) is 9.22. The molecule has 4 fully saturated rings. The summed E-state index contributed by atoms with van der Waals surface area (Å²) in [5.74, 6) is -4.62. The molecule has 4 heterocycles. The van der Waals surface area contributed by atoms with E-state index in [0.29, 0.717) is 77.8 Å². The van der Waals surface area contributed by atoms with Crippen molar-refractivity contribution >= 4 is 0 Å². The number of aliphatic hydroxyl groups is 4. The first-order valence-corrected chi connectivity index (χ1v) is 16.8. The molecule has 20 heteroatoms. The molecule has 4 aliphatic rings. The van der Waals surface area contributed by atoms with Crippen molar-refractivity contribution in [2.75, 3.05) is 39.6 Å². The Bertz CT molecular complexity index is 1390. The molecule has 2 saturated heterocycles. The molecular formula is C32H42F6N4O10. The molecule has 2 aliphatic carbocycles. The quantitative estimate of drug-likeness (QED) is 0.287. The molecule has 0 bridgehead atoms. The highest BCUT2D eigenvalue weighted by atomic mass is 19.4. The van der Waals surface area contributed by atoms with Gasteiger partial charge in [-0.25, -0.2) is 9.97 Å². The maximum atomic E-state index is 13.1. The number of ether oxygens (including phenoxy) is 6. The summed E-state index contributed by atoms with van der Waals surface area (Å²) in [5.41, 5.74) is -4.59. The molecule has 2 aromatic rings. The molecule has 2 atom stereocenters. The number of aromatic nitrogens is 4. The van der Waals surface area contributed by atoms with E-state index in [0.717, 1.165) is 12.1 Å². The van der Waals surface area contributed by atoms with Gasteiger partial charge in [-0.15, -0.1) is 0 Å². The Balaban J connectivity index is 0.000000201. The molecule has 2 spiro atoms. The van der Waals surface area contributed by atoms with Gasteiger partial charge in [-0.3, -0.25) is 0 Å². The predicted octanol–water partition coefficient (Wildman–Crippen LogP) is 3.52. The van der Waals surface area contributed by atoms with Gasteiger partial charge in [0.2, 0.25) is 23.4 Å². The minimum absolute atomic E-state index is 0.287. The van der Waals surface area contributed by atoms with E-state index in [1.165, 1.54) is 13.8 Å². The van der Waals surface area contributed by atoms with Crippen LogP contribution in [0.4, 0.5) is 26.3 Å². The fourth-order valence-corrected chi connectivity index (χ4v) is 6.15. The van der Waals surface area contributed by atoms with E-state index in [2.05, 4.69) is 19.9 Å². The molecule has 0 unspecified atom stereocenters. The second-order valence-electron chi connectivity index (χ2n) is 13.5. The van der Waals surface area contributed by atoms with Gasteiger partial charge in [-0.2, -0.15) is 36.3 Å². The Hall–Kier alpha value is -2.98. The maximum absolute atomic E-state index is 13.1. The van der Waals surface area contributed by atoms with Crippen LogP contribution < -0.4 is 9.47 Å². The minimum Gasteiger partial charge on any atom is -0.474 e. The van der Waals surface area contributed by atoms with Crippen LogP contribution in [0.3, 0.4) is 0 Å². The Morgan fingerprint density at radius 1 is 0.615 bits per heavy atom. The second-order valence-corrected chi connectivity index (χ2v) is 13.5. The van der Waals surface area contributed by atoms with Crippen LogP contribution in [0.15, 0.2) is 12.1 Å². The summed E-state index contributed by atoms with van der Waals surface area (Å²) in [4.78, 5) is 13.5. The van der Waals surface area contributed by atoms with E-state index in [-0.39, 0.29) is 35.4 Å². The van der Waals surface area contributed by atoms with Crippen molar-refractivity contribution in [2.24, 2.45) is 0 Å². The lowest BCUT2D eigenvalue weighted by Gasteiger charge is -2.35. The van der Waals surface area contributed by atoms with Gasteiger partial charge in [-0.1, -0.05) is 0 Å². The molecular weight excluding hydrogens is 714 g/mol. The monoisotopic (exact) mass is 756 g/mol. The van der Waals surface area contributed by atoms with E-state index >= 15 is 0 Å². The van der Waals surface area contributed by atoms with E-state index in [9.17, 15) is 46.8 Å². The molecule has 4 N–H and O–H groups in total. The third-order valence-electron chi connectivity index (χ3n) is 9.22. The summed E-state index contributed by atoms with van der Waals surface area (Å²) in [6, 6.07) is 2.25. The van der Waals surface area contributed by atoms with Crippen LogP contribution in [0.25, 0.3) is 0 Å². The first kappa shape index (κ1) is 40.2. The fourth-order valence-electron chi connectivity index (χ4n) is 6.15. The second kappa shape index (κ2) is 15.4. The average molecular weight is 757 g/mol. The summed E-state index contributed by atoms with van der Waals surface area (Å²) in [6.07, 6.45) is -5.84. The number of nitrogens with zero attached hydrogens (tertiary/aromatic N) is 4. The Morgan fingerprint density at radius 2 is 0.923 bits per heavy atom. The van der Waals surface area contributed by atoms with E-state index in [4.69, 9.17) is 28.4 Å². The first-order chi connectivity index (χ1) is 24.3. The van der Waals surface area contributed by atoms with Crippen LogP contribution >= 0.6 is 0 Å². The summed E-state index contributed by atoms with van der Waals surface area (Å²) < 4.78 is 112. The van der Waals surface area contributed by atoms with Gasteiger partial charge >= 0.3 is 12.4 Å². The van der Waals surface area contributed by atoms with Gasteiger partial charge in [0.1, 0.15) is 23.4 Å². The van der Waals surface area contributed by atoms with E-state index in [1.54, 1.807) is 0 Å². The summed E-state index contributed by atoms with van der Waals surface area (Å²) in [7, 11) is 0. The van der Waals surface area contributed by atoms with Crippen LogP contribution in [0.1, 0.15) is 88.3 Å². The number of hydrogen-bond donors (Lipinski definition) is 4. The molecule has 52 heavy (non-hydrogen) atoms. The van der Waals surface area contributed by atoms with Crippen molar-refractivity contribution in [3.63, 3.8) is 0 Å². The minimum atomic E-state index is -4.80. The van der Waals surface area contributed by atoms with Crippen molar-refractivity contribution in [3.8, 4) is 11.8 Å². The molecule has 292 valence electrons. The zero-order valence-corrected chi connectivity index (χ0v) is 28.5. The summed E-state index contributed by atoms with van der Waals surface area (Å²) in [5, 5.41) is 38.5. The summed E-state index contributed by atoms with van der Waals surface area (Å²) in [6.45, 7) is 2.88. The highest BCUT2D eigenvalue weighted by molar-refractivity contribution is 5.23. The predicted molar refractivity (Wildman–Crippen MR) is 162 cm³/mol. The molecule has 2 aliphatic heterocycles. The molecule has 0 amide bonds. The number of hydrogen-bond acceptors (Lipinski definition) is 14. The highest BCUT2D eigenvalue weighted by Gasteiger charge is 2.44. The zero-order chi connectivity index (χ0) is 38.0. The lowest BCUT2D eigenvalue weighted by atomic mass is 9.92. The van der Waals surface area contributed by atoms with Crippen LogP contribution in [0, 0.1) is 0 Å². The Labute approximate surface area is 294 Å². The maximum Gasteiger partial charge on any atom is 0.451 e. The van der Waals surface area contributed by atoms with Crippen LogP contribution in [-0.4, -0.2) is 104 Å².